The van der Waals surface area contributed by atoms with Crippen LogP contribution in [0.15, 0.2) is 66.9 Å². The molecule has 2 aromatic carbocycles. The predicted molar refractivity (Wildman–Crippen MR) is 132 cm³/mol. The molecule has 0 saturated carbocycles. The van der Waals surface area contributed by atoms with Gasteiger partial charge in [0.15, 0.2) is 0 Å². The van der Waals surface area contributed by atoms with Crippen LogP contribution in [0, 0.1) is 5.82 Å². The van der Waals surface area contributed by atoms with Crippen molar-refractivity contribution in [3.63, 3.8) is 0 Å². The molecule has 7 nitrogen and oxygen atoms in total. The Kier molecular flexibility index (Phi) is 7.56. The molecule has 0 aliphatic rings. The molecule has 0 spiro atoms. The summed E-state index contributed by atoms with van der Waals surface area (Å²) in [6.07, 6.45) is -3.54. The maximum absolute atomic E-state index is 14.9. The van der Waals surface area contributed by atoms with Gasteiger partial charge in [-0.15, -0.1) is 0 Å². The van der Waals surface area contributed by atoms with Crippen molar-refractivity contribution in [2.45, 2.75) is 19.5 Å². The van der Waals surface area contributed by atoms with Gasteiger partial charge in [0.05, 0.1) is 46.9 Å². The highest BCUT2D eigenvalue weighted by molar-refractivity contribution is 6.07. The Balaban J connectivity index is 1.74. The molecule has 196 valence electrons. The van der Waals surface area contributed by atoms with Crippen molar-refractivity contribution in [2.24, 2.45) is 7.05 Å². The molecule has 0 saturated heterocycles. The number of halogens is 4. The quantitative estimate of drug-likeness (QED) is 0.248. The highest BCUT2D eigenvalue weighted by Gasteiger charge is 2.36. The third-order valence-electron chi connectivity index (χ3n) is 5.53. The lowest BCUT2D eigenvalue weighted by molar-refractivity contribution is -0.142. The zero-order valence-corrected chi connectivity index (χ0v) is 20.3. The number of nitrogens with zero attached hydrogens (tertiary/aromatic N) is 3. The fraction of sp³-hybridized carbons (Fsp3) is 0.185. The Morgan fingerprint density at radius 3 is 2.42 bits per heavy atom. The van der Waals surface area contributed by atoms with Gasteiger partial charge >= 0.3 is 12.1 Å². The number of hydrogen-bond donors (Lipinski definition) is 1. The summed E-state index contributed by atoms with van der Waals surface area (Å²) in [6.45, 7) is 1.89. The van der Waals surface area contributed by atoms with E-state index in [0.717, 1.165) is 6.07 Å². The van der Waals surface area contributed by atoms with Crippen molar-refractivity contribution in [2.75, 3.05) is 11.9 Å². The monoisotopic (exact) mass is 526 g/mol. The summed E-state index contributed by atoms with van der Waals surface area (Å²) >= 11 is 0. The summed E-state index contributed by atoms with van der Waals surface area (Å²) in [6, 6.07) is 14.2. The molecule has 0 aliphatic heterocycles. The average Bonchev–Trinajstić information content (AvgIpc) is 3.31. The number of aromatic nitrogens is 3. The number of carbonyl (C=O) groups excluding carboxylic acids is 2. The van der Waals surface area contributed by atoms with Gasteiger partial charge in [-0.25, -0.2) is 4.39 Å². The minimum atomic E-state index is -4.87. The van der Waals surface area contributed by atoms with Crippen LogP contribution in [0.5, 0.6) is 0 Å². The van der Waals surface area contributed by atoms with Crippen LogP contribution in [0.25, 0.3) is 22.5 Å². The Bertz CT molecular complexity index is 1480. The Morgan fingerprint density at radius 2 is 1.79 bits per heavy atom. The summed E-state index contributed by atoms with van der Waals surface area (Å²) in [5.74, 6) is -2.81. The molecule has 0 atom stereocenters. The molecule has 1 N–H and O–H groups in total. The number of alkyl halides is 3. The van der Waals surface area contributed by atoms with Crippen molar-refractivity contribution in [3.05, 3.63) is 89.5 Å². The van der Waals surface area contributed by atoms with Gasteiger partial charge in [-0.3, -0.25) is 19.3 Å². The van der Waals surface area contributed by atoms with E-state index in [1.807, 2.05) is 0 Å². The number of aryl methyl sites for hydroxylation is 1. The van der Waals surface area contributed by atoms with Crippen LogP contribution in [0.2, 0.25) is 0 Å². The third kappa shape index (κ3) is 5.88. The molecule has 4 rings (SSSR count). The molecule has 0 aliphatic carbocycles. The second-order valence-electron chi connectivity index (χ2n) is 8.25. The molecule has 0 fully saturated rings. The number of nitrogens with one attached hydrogen (secondary N) is 1. The first kappa shape index (κ1) is 26.5. The van der Waals surface area contributed by atoms with Gasteiger partial charge in [-0.1, -0.05) is 30.3 Å². The molecular formula is C27H22F4N4O3. The Morgan fingerprint density at radius 1 is 1.05 bits per heavy atom. The lowest BCUT2D eigenvalue weighted by Crippen LogP contribution is -2.17. The van der Waals surface area contributed by atoms with E-state index in [1.165, 1.54) is 36.1 Å². The largest absolute Gasteiger partial charge is 0.466 e. The van der Waals surface area contributed by atoms with Gasteiger partial charge in [0.2, 0.25) is 0 Å². The molecule has 4 aromatic rings. The number of esters is 1. The first-order valence-corrected chi connectivity index (χ1v) is 11.5. The van der Waals surface area contributed by atoms with E-state index in [-0.39, 0.29) is 36.2 Å². The van der Waals surface area contributed by atoms with Crippen molar-refractivity contribution < 1.29 is 31.9 Å². The second kappa shape index (κ2) is 10.8. The summed E-state index contributed by atoms with van der Waals surface area (Å²) in [7, 11) is 1.53. The zero-order chi connectivity index (χ0) is 27.4. The van der Waals surface area contributed by atoms with Crippen LogP contribution in [0.3, 0.4) is 0 Å². The van der Waals surface area contributed by atoms with Crippen molar-refractivity contribution in [1.82, 2.24) is 14.8 Å². The Hall–Kier alpha value is -4.54. The number of carbonyl (C=O) groups is 2. The lowest BCUT2D eigenvalue weighted by Gasteiger charge is -2.16. The minimum absolute atomic E-state index is 0.0659. The van der Waals surface area contributed by atoms with E-state index in [2.05, 4.69) is 15.4 Å². The van der Waals surface area contributed by atoms with E-state index < -0.39 is 40.6 Å². The van der Waals surface area contributed by atoms with Gasteiger partial charge < -0.3 is 10.1 Å². The maximum atomic E-state index is 14.9. The fourth-order valence-electron chi connectivity index (χ4n) is 3.82. The topological polar surface area (TPSA) is 86.1 Å². The summed E-state index contributed by atoms with van der Waals surface area (Å²) in [5, 5.41) is 6.53. The molecular weight excluding hydrogens is 504 g/mol. The molecule has 38 heavy (non-hydrogen) atoms. The Labute approximate surface area is 215 Å². The molecule has 0 radical (unpaired) electrons. The molecule has 0 unspecified atom stereocenters. The molecule has 2 heterocycles. The van der Waals surface area contributed by atoms with Gasteiger partial charge in [0.25, 0.3) is 5.91 Å². The predicted octanol–water partition coefficient (Wildman–Crippen LogP) is 5.66. The summed E-state index contributed by atoms with van der Waals surface area (Å²) in [4.78, 5) is 29.6. The number of rotatable bonds is 7. The SMILES string of the molecule is CCOC(=O)Cc1ccc(NC(=O)c2cc(-c3ccn(C)n3)c(C(F)(F)F)cc2F)c(-c2ccccc2)n1. The van der Waals surface area contributed by atoms with E-state index in [1.54, 1.807) is 37.3 Å². The highest BCUT2D eigenvalue weighted by Crippen LogP contribution is 2.38. The van der Waals surface area contributed by atoms with E-state index in [0.29, 0.717) is 11.3 Å². The number of benzene rings is 2. The van der Waals surface area contributed by atoms with Gasteiger partial charge in [0, 0.05) is 24.4 Å². The van der Waals surface area contributed by atoms with Gasteiger partial charge in [-0.2, -0.15) is 18.3 Å². The van der Waals surface area contributed by atoms with Gasteiger partial charge in [0.1, 0.15) is 5.82 Å². The molecule has 0 bridgehead atoms. The standard InChI is InChI=1S/C27H22F4N4O3/c1-3-38-24(36)13-17-9-10-23(25(32-17)16-7-5-4-6-8-16)33-26(37)19-14-18(22-11-12-35(2)34-22)20(15-21(19)28)27(29,30)31/h4-12,14-15H,3,13H2,1-2H3,(H,33,37). The summed E-state index contributed by atoms with van der Waals surface area (Å²) < 4.78 is 62.2. The van der Waals surface area contributed by atoms with E-state index in [9.17, 15) is 27.2 Å². The average molecular weight is 526 g/mol. The van der Waals surface area contributed by atoms with Crippen LogP contribution in [0.4, 0.5) is 23.2 Å². The van der Waals surface area contributed by atoms with Crippen LogP contribution in [-0.4, -0.2) is 33.2 Å². The highest BCUT2D eigenvalue weighted by atomic mass is 19.4. The normalized spacial score (nSPS) is 11.3. The lowest BCUT2D eigenvalue weighted by atomic mass is 9.99. The van der Waals surface area contributed by atoms with E-state index >= 15 is 0 Å². The molecule has 1 amide bonds. The van der Waals surface area contributed by atoms with Crippen LogP contribution in [-0.2, 0) is 29.2 Å². The van der Waals surface area contributed by atoms with Crippen LogP contribution < -0.4 is 5.32 Å². The molecule has 2 aromatic heterocycles. The maximum Gasteiger partial charge on any atom is 0.417 e. The first-order chi connectivity index (χ1) is 18.1. The number of hydrogen-bond acceptors (Lipinski definition) is 5. The van der Waals surface area contributed by atoms with Crippen LogP contribution >= 0.6 is 0 Å². The number of anilines is 1. The zero-order valence-electron chi connectivity index (χ0n) is 20.3. The van der Waals surface area contributed by atoms with Crippen molar-refractivity contribution in [1.29, 1.82) is 0 Å². The first-order valence-electron chi connectivity index (χ1n) is 11.5. The fourth-order valence-corrected chi connectivity index (χ4v) is 3.82. The summed E-state index contributed by atoms with van der Waals surface area (Å²) in [5.41, 5.74) is -0.923. The molecule has 11 heteroatoms. The van der Waals surface area contributed by atoms with Gasteiger partial charge in [-0.05, 0) is 37.3 Å². The van der Waals surface area contributed by atoms with Crippen molar-refractivity contribution >= 4 is 17.6 Å². The van der Waals surface area contributed by atoms with E-state index in [4.69, 9.17) is 4.74 Å². The van der Waals surface area contributed by atoms with Crippen molar-refractivity contribution in [3.8, 4) is 22.5 Å². The number of pyridine rings is 1. The minimum Gasteiger partial charge on any atom is -0.466 e. The van der Waals surface area contributed by atoms with Crippen LogP contribution in [0.1, 0.15) is 28.5 Å². The smallest absolute Gasteiger partial charge is 0.417 e. The number of ether oxygens (including phenoxy) is 1. The third-order valence-corrected chi connectivity index (χ3v) is 5.53. The second-order valence-corrected chi connectivity index (χ2v) is 8.25. The number of amides is 1.